The summed E-state index contributed by atoms with van der Waals surface area (Å²) < 4.78 is 6.11. The fraction of sp³-hybridized carbons (Fsp3) is 0.182. The van der Waals surface area contributed by atoms with E-state index in [0.29, 0.717) is 5.69 Å². The third-order valence-electron chi connectivity index (χ3n) is 2.31. The molecular weight excluding hydrogens is 236 g/mol. The molecule has 2 aromatic rings. The Hall–Kier alpha value is -2.41. The monoisotopic (exact) mass is 248 g/mol. The number of amides is 1. The van der Waals surface area contributed by atoms with Crippen LogP contribution in [0.25, 0.3) is 5.69 Å². The SMILES string of the molecule is NC(=O)OCc1cn(-c2ccccc2CO)nn1. The van der Waals surface area contributed by atoms with E-state index in [1.807, 2.05) is 12.1 Å². The molecule has 0 saturated carbocycles. The average Bonchev–Trinajstić information content (AvgIpc) is 2.85. The summed E-state index contributed by atoms with van der Waals surface area (Å²) in [6.07, 6.45) is 0.748. The van der Waals surface area contributed by atoms with Crippen molar-refractivity contribution in [3.63, 3.8) is 0 Å². The summed E-state index contributed by atoms with van der Waals surface area (Å²) in [6, 6.07) is 7.24. The normalized spacial score (nSPS) is 10.3. The molecular formula is C11H12N4O3. The van der Waals surface area contributed by atoms with Gasteiger partial charge >= 0.3 is 6.09 Å². The van der Waals surface area contributed by atoms with Gasteiger partial charge in [-0.15, -0.1) is 5.10 Å². The van der Waals surface area contributed by atoms with E-state index in [1.165, 1.54) is 4.68 Å². The number of nitrogens with two attached hydrogens (primary N) is 1. The maximum absolute atomic E-state index is 10.5. The maximum Gasteiger partial charge on any atom is 0.404 e. The number of primary amides is 1. The summed E-state index contributed by atoms with van der Waals surface area (Å²) in [7, 11) is 0. The second-order valence-electron chi connectivity index (χ2n) is 3.55. The van der Waals surface area contributed by atoms with Crippen LogP contribution in [0.15, 0.2) is 30.5 Å². The molecule has 1 amide bonds. The molecule has 2 rings (SSSR count). The van der Waals surface area contributed by atoms with Gasteiger partial charge in [-0.1, -0.05) is 23.4 Å². The number of aliphatic hydroxyl groups excluding tert-OH is 1. The number of carbonyl (C=O) groups excluding carboxylic acids is 1. The second kappa shape index (κ2) is 5.28. The van der Waals surface area contributed by atoms with Crippen molar-refractivity contribution in [3.8, 4) is 5.69 Å². The van der Waals surface area contributed by atoms with Gasteiger partial charge in [-0.05, 0) is 6.07 Å². The van der Waals surface area contributed by atoms with E-state index in [0.717, 1.165) is 11.3 Å². The molecule has 0 saturated heterocycles. The molecule has 18 heavy (non-hydrogen) atoms. The molecule has 0 radical (unpaired) electrons. The van der Waals surface area contributed by atoms with Crippen LogP contribution in [0.2, 0.25) is 0 Å². The lowest BCUT2D eigenvalue weighted by atomic mass is 10.2. The summed E-state index contributed by atoms with van der Waals surface area (Å²) >= 11 is 0. The van der Waals surface area contributed by atoms with Crippen molar-refractivity contribution in [2.45, 2.75) is 13.2 Å². The highest BCUT2D eigenvalue weighted by molar-refractivity contribution is 5.64. The number of ether oxygens (including phenoxy) is 1. The highest BCUT2D eigenvalue weighted by atomic mass is 16.5. The second-order valence-corrected chi connectivity index (χ2v) is 3.55. The standard InChI is InChI=1S/C11H12N4O3/c12-11(17)18-7-9-5-15(14-13-9)10-4-2-1-3-8(10)6-16/h1-5,16H,6-7H2,(H2,12,17). The Balaban J connectivity index is 2.21. The number of aromatic nitrogens is 3. The first-order chi connectivity index (χ1) is 8.70. The fourth-order valence-electron chi connectivity index (χ4n) is 1.50. The minimum atomic E-state index is -0.861. The van der Waals surface area contributed by atoms with Gasteiger partial charge in [0.2, 0.25) is 0 Å². The molecule has 0 unspecified atom stereocenters. The highest BCUT2D eigenvalue weighted by Gasteiger charge is 2.07. The third kappa shape index (κ3) is 2.64. The molecule has 0 aliphatic heterocycles. The van der Waals surface area contributed by atoms with E-state index in [4.69, 9.17) is 5.73 Å². The van der Waals surface area contributed by atoms with E-state index in [2.05, 4.69) is 15.0 Å². The Morgan fingerprint density at radius 1 is 1.44 bits per heavy atom. The van der Waals surface area contributed by atoms with Crippen LogP contribution in [0, 0.1) is 0 Å². The van der Waals surface area contributed by atoms with E-state index < -0.39 is 6.09 Å². The molecule has 7 nitrogen and oxygen atoms in total. The van der Waals surface area contributed by atoms with E-state index >= 15 is 0 Å². The van der Waals surface area contributed by atoms with E-state index in [1.54, 1.807) is 18.3 Å². The fourth-order valence-corrected chi connectivity index (χ4v) is 1.50. The molecule has 1 aromatic heterocycles. The van der Waals surface area contributed by atoms with Crippen molar-refractivity contribution < 1.29 is 14.6 Å². The molecule has 0 spiro atoms. The number of benzene rings is 1. The Morgan fingerprint density at radius 2 is 2.22 bits per heavy atom. The lowest BCUT2D eigenvalue weighted by Gasteiger charge is -2.05. The number of rotatable bonds is 4. The Morgan fingerprint density at radius 3 is 2.94 bits per heavy atom. The zero-order valence-corrected chi connectivity index (χ0v) is 9.48. The smallest absolute Gasteiger partial charge is 0.404 e. The van der Waals surface area contributed by atoms with Crippen molar-refractivity contribution in [1.82, 2.24) is 15.0 Å². The number of nitrogens with zero attached hydrogens (tertiary/aromatic N) is 3. The summed E-state index contributed by atoms with van der Waals surface area (Å²) in [5.41, 5.74) is 6.78. The number of hydrogen-bond acceptors (Lipinski definition) is 5. The number of aliphatic hydroxyl groups is 1. The largest absolute Gasteiger partial charge is 0.443 e. The van der Waals surface area contributed by atoms with Gasteiger partial charge in [0.25, 0.3) is 0 Å². The summed E-state index contributed by atoms with van der Waals surface area (Å²) in [4.78, 5) is 10.5. The zero-order valence-electron chi connectivity index (χ0n) is 9.48. The quantitative estimate of drug-likeness (QED) is 0.812. The van der Waals surface area contributed by atoms with Gasteiger partial charge in [0, 0.05) is 5.56 Å². The van der Waals surface area contributed by atoms with Gasteiger partial charge in [-0.3, -0.25) is 0 Å². The highest BCUT2D eigenvalue weighted by Crippen LogP contribution is 2.13. The van der Waals surface area contributed by atoms with Gasteiger partial charge < -0.3 is 15.6 Å². The molecule has 0 aliphatic rings. The lowest BCUT2D eigenvalue weighted by molar-refractivity contribution is 0.149. The Bertz CT molecular complexity index is 553. The number of hydrogen-bond donors (Lipinski definition) is 2. The molecule has 7 heteroatoms. The minimum absolute atomic E-state index is 0.0311. The van der Waals surface area contributed by atoms with Crippen molar-refractivity contribution in [2.24, 2.45) is 5.73 Å². The van der Waals surface area contributed by atoms with E-state index in [9.17, 15) is 9.90 Å². The van der Waals surface area contributed by atoms with Crippen molar-refractivity contribution >= 4 is 6.09 Å². The number of para-hydroxylation sites is 1. The maximum atomic E-state index is 10.5. The summed E-state index contributed by atoms with van der Waals surface area (Å²) in [5.74, 6) is 0. The molecule has 1 heterocycles. The minimum Gasteiger partial charge on any atom is -0.443 e. The molecule has 94 valence electrons. The summed E-state index contributed by atoms with van der Waals surface area (Å²) in [5, 5.41) is 17.0. The average molecular weight is 248 g/mol. The number of carbonyl (C=O) groups is 1. The van der Waals surface area contributed by atoms with Crippen LogP contribution in [-0.4, -0.2) is 26.2 Å². The third-order valence-corrected chi connectivity index (χ3v) is 2.31. The molecule has 3 N–H and O–H groups in total. The van der Waals surface area contributed by atoms with Crippen LogP contribution in [0.4, 0.5) is 4.79 Å². The van der Waals surface area contributed by atoms with Gasteiger partial charge in [0.1, 0.15) is 12.3 Å². The summed E-state index contributed by atoms with van der Waals surface area (Å²) in [6.45, 7) is -0.125. The van der Waals surface area contributed by atoms with Crippen molar-refractivity contribution in [2.75, 3.05) is 0 Å². The first-order valence-corrected chi connectivity index (χ1v) is 5.23. The van der Waals surface area contributed by atoms with Crippen molar-refractivity contribution in [1.29, 1.82) is 0 Å². The van der Waals surface area contributed by atoms with Crippen molar-refractivity contribution in [3.05, 3.63) is 41.7 Å². The van der Waals surface area contributed by atoms with Crippen LogP contribution in [-0.2, 0) is 18.0 Å². The van der Waals surface area contributed by atoms with Crippen LogP contribution in [0.3, 0.4) is 0 Å². The molecule has 0 fully saturated rings. The zero-order chi connectivity index (χ0) is 13.0. The first kappa shape index (κ1) is 12.1. The topological polar surface area (TPSA) is 103 Å². The van der Waals surface area contributed by atoms with Gasteiger partial charge in [0.05, 0.1) is 18.5 Å². The van der Waals surface area contributed by atoms with Gasteiger partial charge in [-0.25, -0.2) is 9.48 Å². The van der Waals surface area contributed by atoms with Crippen LogP contribution < -0.4 is 5.73 Å². The molecule has 0 aliphatic carbocycles. The predicted molar refractivity (Wildman–Crippen MR) is 61.7 cm³/mol. The van der Waals surface area contributed by atoms with Crippen LogP contribution in [0.1, 0.15) is 11.3 Å². The molecule has 1 aromatic carbocycles. The lowest BCUT2D eigenvalue weighted by Crippen LogP contribution is -2.12. The first-order valence-electron chi connectivity index (χ1n) is 5.23. The molecule has 0 atom stereocenters. The predicted octanol–water partition coefficient (Wildman–Crippen LogP) is 0.355. The molecule has 0 bridgehead atoms. The Kier molecular flexibility index (Phi) is 3.54. The van der Waals surface area contributed by atoms with Crippen LogP contribution >= 0.6 is 0 Å². The van der Waals surface area contributed by atoms with Crippen LogP contribution in [0.5, 0.6) is 0 Å². The van der Waals surface area contributed by atoms with E-state index in [-0.39, 0.29) is 13.2 Å². The Labute approximate surface area is 103 Å². The van der Waals surface area contributed by atoms with Gasteiger partial charge in [0.15, 0.2) is 0 Å². The van der Waals surface area contributed by atoms with Gasteiger partial charge in [-0.2, -0.15) is 0 Å².